The summed E-state index contributed by atoms with van der Waals surface area (Å²) in [7, 11) is 1.88. The van der Waals surface area contributed by atoms with Crippen LogP contribution in [0.4, 0.5) is 5.69 Å². The van der Waals surface area contributed by atoms with Crippen LogP contribution in [0.2, 0.25) is 5.02 Å². The van der Waals surface area contributed by atoms with Crippen molar-refractivity contribution in [3.8, 4) is 0 Å². The number of rotatable bonds is 4. The first kappa shape index (κ1) is 14.1. The molecule has 0 bridgehead atoms. The van der Waals surface area contributed by atoms with E-state index in [1.165, 1.54) is 18.2 Å². The van der Waals surface area contributed by atoms with E-state index in [0.717, 1.165) is 5.56 Å². The van der Waals surface area contributed by atoms with Crippen LogP contribution in [0.15, 0.2) is 36.7 Å². The zero-order valence-electron chi connectivity index (χ0n) is 10.7. The molecule has 7 heteroatoms. The maximum absolute atomic E-state index is 12.0. The van der Waals surface area contributed by atoms with E-state index < -0.39 is 10.8 Å². The molecule has 0 fully saturated rings. The number of nitro benzene ring substituents is 1. The first-order chi connectivity index (χ1) is 9.47. The number of aryl methyl sites for hydroxylation is 1. The molecule has 0 atom stereocenters. The standard InChI is InChI=1S/C13H12ClN3O3/c1-16-5-4-9(8-16)7-15-13(18)11-6-10(17(19)20)2-3-12(11)14/h2-6,8H,7H2,1H3,(H,15,18). The SMILES string of the molecule is Cn1ccc(CNC(=O)c2cc([N+](=O)[O-])ccc2Cl)c1. The van der Waals surface area contributed by atoms with Gasteiger partial charge in [0.1, 0.15) is 0 Å². The molecule has 0 aliphatic heterocycles. The molecule has 0 spiro atoms. The summed E-state index contributed by atoms with van der Waals surface area (Å²) in [5, 5.41) is 13.6. The summed E-state index contributed by atoms with van der Waals surface area (Å²) in [6.07, 6.45) is 3.73. The molecule has 2 aromatic rings. The number of hydrogen-bond acceptors (Lipinski definition) is 3. The Kier molecular flexibility index (Phi) is 4.05. The van der Waals surface area contributed by atoms with Crippen LogP contribution in [0, 0.1) is 10.1 Å². The van der Waals surface area contributed by atoms with Crippen molar-refractivity contribution >= 4 is 23.2 Å². The molecule has 1 aromatic carbocycles. The van der Waals surface area contributed by atoms with Crippen LogP contribution in [0.5, 0.6) is 0 Å². The predicted molar refractivity (Wildman–Crippen MR) is 74.7 cm³/mol. The predicted octanol–water partition coefficient (Wildman–Crippen LogP) is 2.52. The molecular weight excluding hydrogens is 282 g/mol. The smallest absolute Gasteiger partial charge is 0.270 e. The third-order valence-electron chi connectivity index (χ3n) is 2.75. The lowest BCUT2D eigenvalue weighted by Crippen LogP contribution is -2.23. The van der Waals surface area contributed by atoms with Crippen molar-refractivity contribution in [2.24, 2.45) is 7.05 Å². The highest BCUT2D eigenvalue weighted by atomic mass is 35.5. The van der Waals surface area contributed by atoms with Crippen LogP contribution in [-0.4, -0.2) is 15.4 Å². The van der Waals surface area contributed by atoms with Gasteiger partial charge in [-0.2, -0.15) is 0 Å². The maximum Gasteiger partial charge on any atom is 0.270 e. The van der Waals surface area contributed by atoms with Crippen LogP contribution < -0.4 is 5.32 Å². The zero-order valence-corrected chi connectivity index (χ0v) is 11.4. The van der Waals surface area contributed by atoms with E-state index in [9.17, 15) is 14.9 Å². The number of nitrogens with one attached hydrogen (secondary N) is 1. The normalized spacial score (nSPS) is 10.3. The summed E-state index contributed by atoms with van der Waals surface area (Å²) in [5.41, 5.74) is 0.860. The van der Waals surface area contributed by atoms with Gasteiger partial charge in [0, 0.05) is 38.1 Å². The number of benzene rings is 1. The third kappa shape index (κ3) is 3.16. The fourth-order valence-corrected chi connectivity index (χ4v) is 1.95. The van der Waals surface area contributed by atoms with Crippen LogP contribution in [-0.2, 0) is 13.6 Å². The van der Waals surface area contributed by atoms with Crippen LogP contribution in [0.3, 0.4) is 0 Å². The Hall–Kier alpha value is -2.34. The van der Waals surface area contributed by atoms with Crippen molar-refractivity contribution in [2.75, 3.05) is 0 Å². The van der Waals surface area contributed by atoms with Gasteiger partial charge in [-0.25, -0.2) is 0 Å². The molecule has 104 valence electrons. The molecule has 0 radical (unpaired) electrons. The summed E-state index contributed by atoms with van der Waals surface area (Å²) in [6, 6.07) is 5.64. The lowest BCUT2D eigenvalue weighted by atomic mass is 10.2. The number of nitrogens with zero attached hydrogens (tertiary/aromatic N) is 2. The number of nitro groups is 1. The van der Waals surface area contributed by atoms with E-state index in [1.54, 1.807) is 0 Å². The molecule has 0 saturated heterocycles. The van der Waals surface area contributed by atoms with E-state index in [0.29, 0.717) is 6.54 Å². The Labute approximate surface area is 120 Å². The summed E-state index contributed by atoms with van der Waals surface area (Å²) >= 11 is 5.89. The third-order valence-corrected chi connectivity index (χ3v) is 3.08. The highest BCUT2D eigenvalue weighted by Crippen LogP contribution is 2.22. The number of amides is 1. The van der Waals surface area contributed by atoms with Crippen molar-refractivity contribution < 1.29 is 9.72 Å². The van der Waals surface area contributed by atoms with Gasteiger partial charge in [0.25, 0.3) is 11.6 Å². The van der Waals surface area contributed by atoms with Crippen LogP contribution in [0.1, 0.15) is 15.9 Å². The Balaban J connectivity index is 2.12. The first-order valence-corrected chi connectivity index (χ1v) is 6.18. The van der Waals surface area contributed by atoms with Gasteiger partial charge >= 0.3 is 0 Å². The molecule has 0 unspecified atom stereocenters. The molecule has 0 aliphatic carbocycles. The quantitative estimate of drug-likeness (QED) is 0.695. The highest BCUT2D eigenvalue weighted by molar-refractivity contribution is 6.33. The maximum atomic E-state index is 12.0. The lowest BCUT2D eigenvalue weighted by Gasteiger charge is -2.05. The minimum atomic E-state index is -0.565. The molecular formula is C13H12ClN3O3. The van der Waals surface area contributed by atoms with Gasteiger partial charge in [0.05, 0.1) is 15.5 Å². The highest BCUT2D eigenvalue weighted by Gasteiger charge is 2.15. The summed E-state index contributed by atoms with van der Waals surface area (Å²) in [6.45, 7) is 0.332. The van der Waals surface area contributed by atoms with Gasteiger partial charge in [-0.15, -0.1) is 0 Å². The molecule has 0 aliphatic rings. The number of carbonyl (C=O) groups is 1. The van der Waals surface area contributed by atoms with Gasteiger partial charge in [-0.05, 0) is 17.7 Å². The summed E-state index contributed by atoms with van der Waals surface area (Å²) < 4.78 is 1.86. The van der Waals surface area contributed by atoms with Gasteiger partial charge in [-0.3, -0.25) is 14.9 Å². The Morgan fingerprint density at radius 2 is 2.20 bits per heavy atom. The van der Waals surface area contributed by atoms with E-state index in [2.05, 4.69) is 5.32 Å². The van der Waals surface area contributed by atoms with Crippen molar-refractivity contribution in [3.05, 3.63) is 62.9 Å². The van der Waals surface area contributed by atoms with Crippen molar-refractivity contribution in [3.63, 3.8) is 0 Å². The number of aromatic nitrogens is 1. The minimum absolute atomic E-state index is 0.0943. The van der Waals surface area contributed by atoms with Gasteiger partial charge < -0.3 is 9.88 Å². The molecule has 1 aromatic heterocycles. The van der Waals surface area contributed by atoms with E-state index in [1.807, 2.05) is 30.1 Å². The average molecular weight is 294 g/mol. The molecule has 1 heterocycles. The molecule has 1 N–H and O–H groups in total. The number of halogens is 1. The van der Waals surface area contributed by atoms with Crippen molar-refractivity contribution in [1.29, 1.82) is 0 Å². The Morgan fingerprint density at radius 3 is 2.80 bits per heavy atom. The first-order valence-electron chi connectivity index (χ1n) is 5.80. The second-order valence-corrected chi connectivity index (χ2v) is 4.70. The van der Waals surface area contributed by atoms with E-state index in [4.69, 9.17) is 11.6 Å². The van der Waals surface area contributed by atoms with Gasteiger partial charge in [0.15, 0.2) is 0 Å². The van der Waals surface area contributed by atoms with Crippen LogP contribution in [0.25, 0.3) is 0 Å². The second-order valence-electron chi connectivity index (χ2n) is 4.29. The lowest BCUT2D eigenvalue weighted by molar-refractivity contribution is -0.384. The molecule has 0 saturated carbocycles. The van der Waals surface area contributed by atoms with Gasteiger partial charge in [-0.1, -0.05) is 11.6 Å². The Bertz CT molecular complexity index is 667. The minimum Gasteiger partial charge on any atom is -0.357 e. The van der Waals surface area contributed by atoms with Crippen molar-refractivity contribution in [2.45, 2.75) is 6.54 Å². The molecule has 2 rings (SSSR count). The molecule has 6 nitrogen and oxygen atoms in total. The number of non-ortho nitro benzene ring substituents is 1. The average Bonchev–Trinajstić information content (AvgIpc) is 2.82. The van der Waals surface area contributed by atoms with E-state index >= 15 is 0 Å². The second kappa shape index (κ2) is 5.75. The van der Waals surface area contributed by atoms with Crippen molar-refractivity contribution in [1.82, 2.24) is 9.88 Å². The number of carbonyl (C=O) groups excluding carboxylic acids is 1. The largest absolute Gasteiger partial charge is 0.357 e. The van der Waals surface area contributed by atoms with Crippen LogP contribution >= 0.6 is 11.6 Å². The fraction of sp³-hybridized carbons (Fsp3) is 0.154. The Morgan fingerprint density at radius 1 is 1.45 bits per heavy atom. The topological polar surface area (TPSA) is 77.2 Å². The van der Waals surface area contributed by atoms with Gasteiger partial charge in [0.2, 0.25) is 0 Å². The number of hydrogen-bond donors (Lipinski definition) is 1. The monoisotopic (exact) mass is 293 g/mol. The van der Waals surface area contributed by atoms with E-state index in [-0.39, 0.29) is 16.3 Å². The fourth-order valence-electron chi connectivity index (χ4n) is 1.74. The summed E-state index contributed by atoms with van der Waals surface area (Å²) in [4.78, 5) is 22.1. The summed E-state index contributed by atoms with van der Waals surface area (Å²) in [5.74, 6) is -0.442. The molecule has 1 amide bonds. The zero-order chi connectivity index (χ0) is 14.7. The molecule has 20 heavy (non-hydrogen) atoms.